The number of nitrogens with zero attached hydrogens (tertiary/aromatic N) is 4. The second-order valence-corrected chi connectivity index (χ2v) is 4.54. The summed E-state index contributed by atoms with van der Waals surface area (Å²) >= 11 is 0. The highest BCUT2D eigenvalue weighted by Crippen LogP contribution is 2.20. The minimum Gasteiger partial charge on any atom is -0.370 e. The lowest BCUT2D eigenvalue weighted by atomic mass is 10.2. The molecular formula is C13H19N5. The van der Waals surface area contributed by atoms with Crippen LogP contribution in [0.15, 0.2) is 18.5 Å². The van der Waals surface area contributed by atoms with Crippen molar-refractivity contribution >= 4 is 5.82 Å². The number of anilines is 1. The highest BCUT2D eigenvalue weighted by Gasteiger charge is 2.11. The first-order chi connectivity index (χ1) is 8.61. The molecule has 96 valence electrons. The van der Waals surface area contributed by atoms with E-state index in [1.165, 1.54) is 0 Å². The first-order valence-electron chi connectivity index (χ1n) is 6.22. The van der Waals surface area contributed by atoms with Crippen molar-refractivity contribution in [2.24, 2.45) is 7.05 Å². The maximum atomic E-state index is 4.58. The third-order valence-corrected chi connectivity index (χ3v) is 2.67. The minimum atomic E-state index is 0.294. The van der Waals surface area contributed by atoms with Gasteiger partial charge >= 0.3 is 0 Å². The highest BCUT2D eigenvalue weighted by molar-refractivity contribution is 5.55. The third kappa shape index (κ3) is 2.50. The molecule has 0 aromatic carbocycles. The van der Waals surface area contributed by atoms with Gasteiger partial charge in [0.1, 0.15) is 17.3 Å². The van der Waals surface area contributed by atoms with Crippen LogP contribution in [-0.2, 0) is 7.05 Å². The van der Waals surface area contributed by atoms with Crippen molar-refractivity contribution in [3.8, 4) is 11.5 Å². The zero-order valence-electron chi connectivity index (χ0n) is 11.3. The van der Waals surface area contributed by atoms with E-state index in [0.29, 0.717) is 5.92 Å². The van der Waals surface area contributed by atoms with Gasteiger partial charge in [0.15, 0.2) is 5.82 Å². The van der Waals surface area contributed by atoms with Gasteiger partial charge in [-0.15, -0.1) is 0 Å². The summed E-state index contributed by atoms with van der Waals surface area (Å²) in [5.41, 5.74) is 0.858. The SMILES string of the molecule is CCNc1cc(-c2nccn2C)nc(C(C)C)n1. The van der Waals surface area contributed by atoms with Gasteiger partial charge in [-0.1, -0.05) is 13.8 Å². The van der Waals surface area contributed by atoms with Gasteiger partial charge in [-0.2, -0.15) is 0 Å². The largest absolute Gasteiger partial charge is 0.370 e. The third-order valence-electron chi connectivity index (χ3n) is 2.67. The average Bonchev–Trinajstić information content (AvgIpc) is 2.75. The molecular weight excluding hydrogens is 226 g/mol. The molecule has 0 fully saturated rings. The molecule has 5 heteroatoms. The molecule has 0 aliphatic carbocycles. The maximum absolute atomic E-state index is 4.58. The lowest BCUT2D eigenvalue weighted by Gasteiger charge is -2.10. The number of hydrogen-bond acceptors (Lipinski definition) is 4. The topological polar surface area (TPSA) is 55.6 Å². The summed E-state index contributed by atoms with van der Waals surface area (Å²) in [7, 11) is 1.96. The molecule has 2 heterocycles. The minimum absolute atomic E-state index is 0.294. The first-order valence-corrected chi connectivity index (χ1v) is 6.22. The van der Waals surface area contributed by atoms with Crippen LogP contribution in [0.3, 0.4) is 0 Å². The number of aryl methyl sites for hydroxylation is 1. The molecule has 18 heavy (non-hydrogen) atoms. The van der Waals surface area contributed by atoms with E-state index in [2.05, 4.69) is 41.0 Å². The standard InChI is InChI=1S/C13H19N5/c1-5-14-11-8-10(13-15-6-7-18(13)4)16-12(17-11)9(2)3/h6-9H,5H2,1-4H3,(H,14,16,17). The van der Waals surface area contributed by atoms with Gasteiger partial charge in [-0.05, 0) is 6.92 Å². The van der Waals surface area contributed by atoms with Crippen LogP contribution in [0.4, 0.5) is 5.82 Å². The predicted molar refractivity (Wildman–Crippen MR) is 72.5 cm³/mol. The summed E-state index contributed by atoms with van der Waals surface area (Å²) in [6.07, 6.45) is 3.69. The van der Waals surface area contributed by atoms with E-state index in [1.807, 2.05) is 23.9 Å². The monoisotopic (exact) mass is 245 g/mol. The second kappa shape index (κ2) is 5.16. The van der Waals surface area contributed by atoms with Crippen molar-refractivity contribution in [3.05, 3.63) is 24.3 Å². The number of aromatic nitrogens is 4. The molecule has 0 saturated carbocycles. The number of imidazole rings is 1. The van der Waals surface area contributed by atoms with Gasteiger partial charge in [0.25, 0.3) is 0 Å². The summed E-state index contributed by atoms with van der Waals surface area (Å²) in [6, 6.07) is 1.94. The number of nitrogens with one attached hydrogen (secondary N) is 1. The Hall–Kier alpha value is -1.91. The van der Waals surface area contributed by atoms with Crippen molar-refractivity contribution in [1.29, 1.82) is 0 Å². The fourth-order valence-electron chi connectivity index (χ4n) is 1.72. The normalized spacial score (nSPS) is 10.9. The Bertz CT molecular complexity index is 530. The van der Waals surface area contributed by atoms with E-state index >= 15 is 0 Å². The second-order valence-electron chi connectivity index (χ2n) is 4.54. The zero-order valence-corrected chi connectivity index (χ0v) is 11.3. The molecule has 0 atom stereocenters. The Labute approximate surface area is 107 Å². The summed E-state index contributed by atoms with van der Waals surface area (Å²) < 4.78 is 1.96. The van der Waals surface area contributed by atoms with Gasteiger partial charge in [0.05, 0.1) is 0 Å². The molecule has 2 aromatic rings. The lowest BCUT2D eigenvalue weighted by molar-refractivity contribution is 0.773. The van der Waals surface area contributed by atoms with Crippen molar-refractivity contribution < 1.29 is 0 Å². The average molecular weight is 245 g/mol. The van der Waals surface area contributed by atoms with Crippen LogP contribution in [0.1, 0.15) is 32.5 Å². The summed E-state index contributed by atoms with van der Waals surface area (Å²) in [5, 5.41) is 3.24. The molecule has 0 aliphatic rings. The van der Waals surface area contributed by atoms with Crippen LogP contribution in [0.2, 0.25) is 0 Å². The Morgan fingerprint density at radius 3 is 2.67 bits per heavy atom. The van der Waals surface area contributed by atoms with Crippen LogP contribution < -0.4 is 5.32 Å². The zero-order chi connectivity index (χ0) is 13.1. The Balaban J connectivity index is 2.50. The van der Waals surface area contributed by atoms with E-state index in [-0.39, 0.29) is 0 Å². The van der Waals surface area contributed by atoms with E-state index in [9.17, 15) is 0 Å². The molecule has 2 aromatic heterocycles. The van der Waals surface area contributed by atoms with Gasteiger partial charge < -0.3 is 9.88 Å². The molecule has 0 radical (unpaired) electrons. The molecule has 0 saturated heterocycles. The van der Waals surface area contributed by atoms with Crippen molar-refractivity contribution in [2.45, 2.75) is 26.7 Å². The van der Waals surface area contributed by atoms with Gasteiger partial charge in [0, 0.05) is 38.0 Å². The number of hydrogen-bond donors (Lipinski definition) is 1. The summed E-state index contributed by atoms with van der Waals surface area (Å²) in [4.78, 5) is 13.4. The van der Waals surface area contributed by atoms with Crippen LogP contribution >= 0.6 is 0 Å². The van der Waals surface area contributed by atoms with Gasteiger partial charge in [0.2, 0.25) is 0 Å². The quantitative estimate of drug-likeness (QED) is 0.898. The van der Waals surface area contributed by atoms with Crippen LogP contribution in [0, 0.1) is 0 Å². The maximum Gasteiger partial charge on any atom is 0.158 e. The van der Waals surface area contributed by atoms with Crippen LogP contribution in [0.5, 0.6) is 0 Å². The molecule has 0 amide bonds. The predicted octanol–water partition coefficient (Wildman–Crippen LogP) is 2.43. The lowest BCUT2D eigenvalue weighted by Crippen LogP contribution is -2.07. The molecule has 0 unspecified atom stereocenters. The summed E-state index contributed by atoms with van der Waals surface area (Å²) in [5.74, 6) is 2.85. The van der Waals surface area contributed by atoms with Gasteiger partial charge in [-0.3, -0.25) is 0 Å². The van der Waals surface area contributed by atoms with E-state index in [0.717, 1.165) is 29.7 Å². The van der Waals surface area contributed by atoms with Crippen molar-refractivity contribution in [3.63, 3.8) is 0 Å². The molecule has 2 rings (SSSR count). The Morgan fingerprint density at radius 1 is 1.33 bits per heavy atom. The Kier molecular flexibility index (Phi) is 3.60. The van der Waals surface area contributed by atoms with Crippen LogP contribution in [0.25, 0.3) is 11.5 Å². The first kappa shape index (κ1) is 12.5. The fraction of sp³-hybridized carbons (Fsp3) is 0.462. The Morgan fingerprint density at radius 2 is 2.11 bits per heavy atom. The van der Waals surface area contributed by atoms with E-state index < -0.39 is 0 Å². The van der Waals surface area contributed by atoms with Crippen molar-refractivity contribution in [2.75, 3.05) is 11.9 Å². The summed E-state index contributed by atoms with van der Waals surface area (Å²) in [6.45, 7) is 7.08. The molecule has 0 aliphatic heterocycles. The van der Waals surface area contributed by atoms with E-state index in [4.69, 9.17) is 0 Å². The van der Waals surface area contributed by atoms with Crippen LogP contribution in [-0.4, -0.2) is 26.1 Å². The molecule has 5 nitrogen and oxygen atoms in total. The van der Waals surface area contributed by atoms with E-state index in [1.54, 1.807) is 6.20 Å². The fourth-order valence-corrected chi connectivity index (χ4v) is 1.72. The number of rotatable bonds is 4. The molecule has 0 bridgehead atoms. The highest BCUT2D eigenvalue weighted by atomic mass is 15.1. The smallest absolute Gasteiger partial charge is 0.158 e. The molecule has 0 spiro atoms. The van der Waals surface area contributed by atoms with Crippen molar-refractivity contribution in [1.82, 2.24) is 19.5 Å². The van der Waals surface area contributed by atoms with Gasteiger partial charge in [-0.25, -0.2) is 15.0 Å². The molecule has 1 N–H and O–H groups in total.